The van der Waals surface area contributed by atoms with Gasteiger partial charge in [0, 0.05) is 13.1 Å². The molecule has 0 unspecified atom stereocenters. The standard InChI is InChI=1S/C26H40N2O2S/c1-19(2)23-17-24(20(3)4)26(25(18-23)21(5)6)31(29,30)28-16-15-27-14-10-13-22-11-8-7-9-12-22/h7-9,11-12,17-21,27-28H,10,13-16H2,1-6H3. The SMILES string of the molecule is CC(C)c1cc(C(C)C)c(S(=O)(=O)NCCNCCCc2ccccc2)c(C(C)C)c1. The molecule has 0 aliphatic carbocycles. The molecule has 2 rings (SSSR count). The molecular formula is C26H40N2O2S. The van der Waals surface area contributed by atoms with Crippen LogP contribution in [0.2, 0.25) is 0 Å². The molecule has 0 bridgehead atoms. The van der Waals surface area contributed by atoms with Crippen molar-refractivity contribution in [3.63, 3.8) is 0 Å². The summed E-state index contributed by atoms with van der Waals surface area (Å²) in [6.45, 7) is 14.4. The minimum Gasteiger partial charge on any atom is -0.315 e. The van der Waals surface area contributed by atoms with Crippen molar-refractivity contribution >= 4 is 10.0 Å². The van der Waals surface area contributed by atoms with Crippen LogP contribution in [0.3, 0.4) is 0 Å². The summed E-state index contributed by atoms with van der Waals surface area (Å²) in [5.74, 6) is 0.637. The molecule has 172 valence electrons. The normalized spacial score (nSPS) is 12.3. The van der Waals surface area contributed by atoms with E-state index in [4.69, 9.17) is 0 Å². The van der Waals surface area contributed by atoms with Crippen LogP contribution in [-0.4, -0.2) is 28.1 Å². The van der Waals surface area contributed by atoms with Crippen LogP contribution < -0.4 is 10.0 Å². The van der Waals surface area contributed by atoms with Crippen LogP contribution in [-0.2, 0) is 16.4 Å². The van der Waals surface area contributed by atoms with Gasteiger partial charge in [-0.2, -0.15) is 0 Å². The predicted octanol–water partition coefficient (Wildman–Crippen LogP) is 5.56. The van der Waals surface area contributed by atoms with E-state index in [0.29, 0.717) is 23.9 Å². The number of hydrogen-bond donors (Lipinski definition) is 2. The first-order valence-corrected chi connectivity index (χ1v) is 13.0. The first kappa shape index (κ1) is 25.6. The highest BCUT2D eigenvalue weighted by Crippen LogP contribution is 2.34. The fraction of sp³-hybridized carbons (Fsp3) is 0.538. The zero-order chi connectivity index (χ0) is 23.0. The van der Waals surface area contributed by atoms with Crippen LogP contribution in [0.1, 0.15) is 88.0 Å². The van der Waals surface area contributed by atoms with Crippen molar-refractivity contribution in [2.45, 2.75) is 77.0 Å². The van der Waals surface area contributed by atoms with E-state index in [9.17, 15) is 8.42 Å². The lowest BCUT2D eigenvalue weighted by Crippen LogP contribution is -2.33. The highest BCUT2D eigenvalue weighted by molar-refractivity contribution is 7.89. The first-order chi connectivity index (χ1) is 14.6. The van der Waals surface area contributed by atoms with Gasteiger partial charge in [-0.3, -0.25) is 0 Å². The van der Waals surface area contributed by atoms with Crippen LogP contribution in [0.4, 0.5) is 0 Å². The molecule has 0 fully saturated rings. The van der Waals surface area contributed by atoms with Gasteiger partial charge in [-0.05, 0) is 59.4 Å². The fourth-order valence-electron chi connectivity index (χ4n) is 3.73. The van der Waals surface area contributed by atoms with Gasteiger partial charge >= 0.3 is 0 Å². The molecule has 0 radical (unpaired) electrons. The Kier molecular flexibility index (Phi) is 9.73. The Bertz CT molecular complexity index is 891. The molecule has 0 saturated carbocycles. The van der Waals surface area contributed by atoms with Gasteiger partial charge in [0.1, 0.15) is 0 Å². The van der Waals surface area contributed by atoms with E-state index in [2.05, 4.69) is 88.0 Å². The zero-order valence-corrected chi connectivity index (χ0v) is 20.9. The number of rotatable bonds is 12. The Morgan fingerprint density at radius 1 is 0.774 bits per heavy atom. The molecule has 2 aromatic carbocycles. The quantitative estimate of drug-likeness (QED) is 0.422. The maximum atomic E-state index is 13.3. The van der Waals surface area contributed by atoms with Crippen LogP contribution in [0.25, 0.3) is 0 Å². The monoisotopic (exact) mass is 444 g/mol. The summed E-state index contributed by atoms with van der Waals surface area (Å²) in [6, 6.07) is 14.6. The summed E-state index contributed by atoms with van der Waals surface area (Å²) in [5, 5.41) is 3.35. The number of aryl methyl sites for hydroxylation is 1. The summed E-state index contributed by atoms with van der Waals surface area (Å²) >= 11 is 0. The Labute approximate surface area is 189 Å². The van der Waals surface area contributed by atoms with Gasteiger partial charge in [0.05, 0.1) is 4.90 Å². The van der Waals surface area contributed by atoms with Gasteiger partial charge in [0.2, 0.25) is 10.0 Å². The second kappa shape index (κ2) is 11.8. The highest BCUT2D eigenvalue weighted by Gasteiger charge is 2.26. The molecule has 0 heterocycles. The van der Waals surface area contributed by atoms with E-state index < -0.39 is 10.0 Å². The number of hydrogen-bond acceptors (Lipinski definition) is 3. The average molecular weight is 445 g/mol. The predicted molar refractivity (Wildman–Crippen MR) is 132 cm³/mol. The van der Waals surface area contributed by atoms with Crippen molar-refractivity contribution in [3.05, 3.63) is 64.7 Å². The van der Waals surface area contributed by atoms with Gasteiger partial charge in [-0.15, -0.1) is 0 Å². The maximum absolute atomic E-state index is 13.3. The lowest BCUT2D eigenvalue weighted by molar-refractivity contribution is 0.569. The van der Waals surface area contributed by atoms with Gasteiger partial charge in [0.15, 0.2) is 0 Å². The summed E-state index contributed by atoms with van der Waals surface area (Å²) in [4.78, 5) is 0.478. The van der Waals surface area contributed by atoms with E-state index in [0.717, 1.165) is 30.5 Å². The Morgan fingerprint density at radius 2 is 1.35 bits per heavy atom. The third kappa shape index (κ3) is 7.44. The van der Waals surface area contributed by atoms with Crippen LogP contribution in [0.5, 0.6) is 0 Å². The Morgan fingerprint density at radius 3 is 1.87 bits per heavy atom. The molecule has 0 aliphatic rings. The minimum atomic E-state index is -3.58. The molecule has 0 aromatic heterocycles. The third-order valence-corrected chi connectivity index (χ3v) is 7.20. The smallest absolute Gasteiger partial charge is 0.241 e. The van der Waals surface area contributed by atoms with E-state index in [1.165, 1.54) is 11.1 Å². The zero-order valence-electron chi connectivity index (χ0n) is 20.0. The molecule has 0 amide bonds. The molecule has 2 N–H and O–H groups in total. The van der Waals surface area contributed by atoms with Gasteiger partial charge < -0.3 is 5.32 Å². The van der Waals surface area contributed by atoms with E-state index in [-0.39, 0.29) is 11.8 Å². The fourth-order valence-corrected chi connectivity index (χ4v) is 5.46. The van der Waals surface area contributed by atoms with Gasteiger partial charge in [-0.25, -0.2) is 13.1 Å². The molecule has 0 spiro atoms. The van der Waals surface area contributed by atoms with Gasteiger partial charge in [0.25, 0.3) is 0 Å². The third-order valence-electron chi connectivity index (χ3n) is 5.60. The summed E-state index contributed by atoms with van der Waals surface area (Å²) in [7, 11) is -3.58. The summed E-state index contributed by atoms with van der Waals surface area (Å²) < 4.78 is 29.4. The van der Waals surface area contributed by atoms with Crippen LogP contribution >= 0.6 is 0 Å². The topological polar surface area (TPSA) is 58.2 Å². The molecule has 2 aromatic rings. The average Bonchev–Trinajstić information content (AvgIpc) is 2.72. The Balaban J connectivity index is 2.02. The molecule has 0 aliphatic heterocycles. The molecular weight excluding hydrogens is 404 g/mol. The summed E-state index contributed by atoms with van der Waals surface area (Å²) in [6.07, 6.45) is 2.06. The molecule has 31 heavy (non-hydrogen) atoms. The first-order valence-electron chi connectivity index (χ1n) is 11.6. The van der Waals surface area contributed by atoms with Crippen molar-refractivity contribution < 1.29 is 8.42 Å². The second-order valence-corrected chi connectivity index (χ2v) is 10.9. The highest BCUT2D eigenvalue weighted by atomic mass is 32.2. The van der Waals surface area contributed by atoms with Crippen LogP contribution in [0, 0.1) is 0 Å². The molecule has 0 saturated heterocycles. The minimum absolute atomic E-state index is 0.138. The lowest BCUT2D eigenvalue weighted by atomic mass is 9.89. The summed E-state index contributed by atoms with van der Waals surface area (Å²) in [5.41, 5.74) is 4.36. The second-order valence-electron chi connectivity index (χ2n) is 9.23. The molecule has 0 atom stereocenters. The number of nitrogens with one attached hydrogen (secondary N) is 2. The van der Waals surface area contributed by atoms with Crippen LogP contribution in [0.15, 0.2) is 47.4 Å². The van der Waals surface area contributed by atoms with Crippen molar-refractivity contribution in [1.29, 1.82) is 0 Å². The number of benzene rings is 2. The van der Waals surface area contributed by atoms with Crippen molar-refractivity contribution in [3.8, 4) is 0 Å². The maximum Gasteiger partial charge on any atom is 0.241 e. The Hall–Kier alpha value is -1.69. The molecule has 5 heteroatoms. The van der Waals surface area contributed by atoms with E-state index >= 15 is 0 Å². The van der Waals surface area contributed by atoms with Crippen molar-refractivity contribution in [1.82, 2.24) is 10.0 Å². The van der Waals surface area contributed by atoms with E-state index in [1.54, 1.807) is 0 Å². The van der Waals surface area contributed by atoms with Gasteiger partial charge in [-0.1, -0.05) is 84.0 Å². The largest absolute Gasteiger partial charge is 0.315 e. The van der Waals surface area contributed by atoms with E-state index in [1.807, 2.05) is 6.07 Å². The van der Waals surface area contributed by atoms with Crippen molar-refractivity contribution in [2.75, 3.05) is 19.6 Å². The number of sulfonamides is 1. The molecule has 4 nitrogen and oxygen atoms in total. The van der Waals surface area contributed by atoms with Crippen molar-refractivity contribution in [2.24, 2.45) is 0 Å². The lowest BCUT2D eigenvalue weighted by Gasteiger charge is -2.23.